The molecular formula is C17H22N2O3. The Hall–Kier alpha value is -2.43. The zero-order chi connectivity index (χ0) is 16.1. The summed E-state index contributed by atoms with van der Waals surface area (Å²) in [5.41, 5.74) is 0.780. The lowest BCUT2D eigenvalue weighted by Gasteiger charge is -2.21. The van der Waals surface area contributed by atoms with Crippen molar-refractivity contribution in [1.82, 2.24) is 4.57 Å². The molecule has 22 heavy (non-hydrogen) atoms. The second kappa shape index (κ2) is 7.02. The molecule has 0 saturated carbocycles. The highest BCUT2D eigenvalue weighted by Crippen LogP contribution is 2.31. The van der Waals surface area contributed by atoms with Crippen molar-refractivity contribution in [3.05, 3.63) is 42.7 Å². The van der Waals surface area contributed by atoms with E-state index in [-0.39, 0.29) is 11.9 Å². The maximum Gasteiger partial charge on any atom is 0.228 e. The van der Waals surface area contributed by atoms with Crippen LogP contribution in [0.2, 0.25) is 0 Å². The SMILES string of the molecule is COc1ccc(N(C)C(=O)C[C@@H](C)n2cccc2)cc1OC. The van der Waals surface area contributed by atoms with Gasteiger partial charge in [-0.05, 0) is 31.2 Å². The van der Waals surface area contributed by atoms with Crippen LogP contribution in [-0.2, 0) is 4.79 Å². The van der Waals surface area contributed by atoms with Crippen LogP contribution >= 0.6 is 0 Å². The number of rotatable bonds is 6. The molecule has 0 aliphatic rings. The molecular weight excluding hydrogens is 280 g/mol. The third-order valence-corrected chi connectivity index (χ3v) is 3.74. The average molecular weight is 302 g/mol. The van der Waals surface area contributed by atoms with Crippen molar-refractivity contribution >= 4 is 11.6 Å². The zero-order valence-electron chi connectivity index (χ0n) is 13.4. The van der Waals surface area contributed by atoms with E-state index in [1.165, 1.54) is 0 Å². The minimum absolute atomic E-state index is 0.0495. The fourth-order valence-corrected chi connectivity index (χ4v) is 2.31. The maximum absolute atomic E-state index is 12.4. The number of carbonyl (C=O) groups is 1. The Morgan fingerprint density at radius 2 is 1.82 bits per heavy atom. The van der Waals surface area contributed by atoms with Gasteiger partial charge in [-0.3, -0.25) is 4.79 Å². The highest BCUT2D eigenvalue weighted by atomic mass is 16.5. The van der Waals surface area contributed by atoms with Crippen LogP contribution in [0.25, 0.3) is 0 Å². The van der Waals surface area contributed by atoms with Crippen molar-refractivity contribution in [2.45, 2.75) is 19.4 Å². The van der Waals surface area contributed by atoms with E-state index in [0.29, 0.717) is 17.9 Å². The van der Waals surface area contributed by atoms with E-state index in [1.54, 1.807) is 38.3 Å². The number of hydrogen-bond donors (Lipinski definition) is 0. The van der Waals surface area contributed by atoms with Crippen LogP contribution in [-0.4, -0.2) is 31.7 Å². The molecule has 0 N–H and O–H groups in total. The first-order valence-corrected chi connectivity index (χ1v) is 7.18. The van der Waals surface area contributed by atoms with Crippen LogP contribution in [0, 0.1) is 0 Å². The molecule has 5 heteroatoms. The topological polar surface area (TPSA) is 43.7 Å². The molecule has 1 aromatic heterocycles. The Morgan fingerprint density at radius 3 is 2.41 bits per heavy atom. The molecule has 1 aromatic carbocycles. The van der Waals surface area contributed by atoms with Crippen molar-refractivity contribution in [2.75, 3.05) is 26.2 Å². The predicted octanol–water partition coefficient (Wildman–Crippen LogP) is 3.12. The highest BCUT2D eigenvalue weighted by molar-refractivity contribution is 5.93. The molecule has 0 aliphatic heterocycles. The lowest BCUT2D eigenvalue weighted by atomic mass is 10.2. The fraction of sp³-hybridized carbons (Fsp3) is 0.353. The number of aromatic nitrogens is 1. The summed E-state index contributed by atoms with van der Waals surface area (Å²) in [5.74, 6) is 1.30. The number of carbonyl (C=O) groups excluding carboxylic acids is 1. The predicted molar refractivity (Wildman–Crippen MR) is 86.7 cm³/mol. The molecule has 2 rings (SSSR count). The van der Waals surface area contributed by atoms with E-state index in [1.807, 2.05) is 42.1 Å². The van der Waals surface area contributed by atoms with Crippen LogP contribution in [0.4, 0.5) is 5.69 Å². The van der Waals surface area contributed by atoms with Gasteiger partial charge in [0.05, 0.1) is 14.2 Å². The molecule has 0 fully saturated rings. The summed E-state index contributed by atoms with van der Waals surface area (Å²) in [4.78, 5) is 14.1. The molecule has 118 valence electrons. The molecule has 1 atom stereocenters. The van der Waals surface area contributed by atoms with E-state index >= 15 is 0 Å². The molecule has 0 spiro atoms. The van der Waals surface area contributed by atoms with E-state index in [2.05, 4.69) is 0 Å². The summed E-state index contributed by atoms with van der Waals surface area (Å²) >= 11 is 0. The molecule has 0 aliphatic carbocycles. The van der Waals surface area contributed by atoms with Gasteiger partial charge in [-0.1, -0.05) is 0 Å². The van der Waals surface area contributed by atoms with Gasteiger partial charge in [0.25, 0.3) is 0 Å². The number of hydrogen-bond acceptors (Lipinski definition) is 3. The fourth-order valence-electron chi connectivity index (χ4n) is 2.31. The Kier molecular flexibility index (Phi) is 5.09. The number of ether oxygens (including phenoxy) is 2. The van der Waals surface area contributed by atoms with Crippen molar-refractivity contribution in [3.63, 3.8) is 0 Å². The van der Waals surface area contributed by atoms with Crippen molar-refractivity contribution in [1.29, 1.82) is 0 Å². The third-order valence-electron chi connectivity index (χ3n) is 3.74. The third kappa shape index (κ3) is 3.42. The summed E-state index contributed by atoms with van der Waals surface area (Å²) < 4.78 is 12.5. The van der Waals surface area contributed by atoms with Gasteiger partial charge in [0, 0.05) is 43.7 Å². The first-order valence-electron chi connectivity index (χ1n) is 7.18. The molecule has 2 aromatic rings. The first kappa shape index (κ1) is 15.9. The largest absolute Gasteiger partial charge is 0.493 e. The Morgan fingerprint density at radius 1 is 1.18 bits per heavy atom. The van der Waals surface area contributed by atoms with E-state index in [0.717, 1.165) is 5.69 Å². The monoisotopic (exact) mass is 302 g/mol. The molecule has 5 nitrogen and oxygen atoms in total. The normalized spacial score (nSPS) is 11.8. The quantitative estimate of drug-likeness (QED) is 0.823. The number of nitrogens with zero attached hydrogens (tertiary/aromatic N) is 2. The van der Waals surface area contributed by atoms with Crippen molar-refractivity contribution in [2.24, 2.45) is 0 Å². The van der Waals surface area contributed by atoms with E-state index in [9.17, 15) is 4.79 Å². The van der Waals surface area contributed by atoms with Crippen LogP contribution in [0.3, 0.4) is 0 Å². The second-order valence-electron chi connectivity index (χ2n) is 5.18. The van der Waals surface area contributed by atoms with Gasteiger partial charge in [-0.2, -0.15) is 0 Å². The smallest absolute Gasteiger partial charge is 0.228 e. The van der Waals surface area contributed by atoms with Crippen LogP contribution < -0.4 is 14.4 Å². The summed E-state index contributed by atoms with van der Waals surface area (Å²) in [6.07, 6.45) is 4.36. The summed E-state index contributed by atoms with van der Waals surface area (Å²) in [6.45, 7) is 2.03. The number of benzene rings is 1. The van der Waals surface area contributed by atoms with Crippen LogP contribution in [0.5, 0.6) is 11.5 Å². The number of methoxy groups -OCH3 is 2. The number of anilines is 1. The minimum Gasteiger partial charge on any atom is -0.493 e. The highest BCUT2D eigenvalue weighted by Gasteiger charge is 2.17. The number of amides is 1. The Balaban J connectivity index is 2.10. The van der Waals surface area contributed by atoms with Crippen molar-refractivity contribution < 1.29 is 14.3 Å². The second-order valence-corrected chi connectivity index (χ2v) is 5.18. The molecule has 0 radical (unpaired) electrons. The van der Waals surface area contributed by atoms with E-state index in [4.69, 9.17) is 9.47 Å². The maximum atomic E-state index is 12.4. The molecule has 0 bridgehead atoms. The van der Waals surface area contributed by atoms with Gasteiger partial charge in [-0.25, -0.2) is 0 Å². The lowest BCUT2D eigenvalue weighted by molar-refractivity contribution is -0.119. The lowest BCUT2D eigenvalue weighted by Crippen LogP contribution is -2.28. The minimum atomic E-state index is 0.0495. The summed E-state index contributed by atoms with van der Waals surface area (Å²) in [6, 6.07) is 9.48. The molecule has 0 saturated heterocycles. The Labute approximate surface area is 131 Å². The summed E-state index contributed by atoms with van der Waals surface area (Å²) in [5, 5.41) is 0. The average Bonchev–Trinajstić information content (AvgIpc) is 3.07. The van der Waals surface area contributed by atoms with Gasteiger partial charge in [0.1, 0.15) is 0 Å². The van der Waals surface area contributed by atoms with E-state index < -0.39 is 0 Å². The van der Waals surface area contributed by atoms with Gasteiger partial charge in [0.2, 0.25) is 5.91 Å². The van der Waals surface area contributed by atoms with Gasteiger partial charge >= 0.3 is 0 Å². The zero-order valence-corrected chi connectivity index (χ0v) is 13.4. The molecule has 1 heterocycles. The van der Waals surface area contributed by atoms with Gasteiger partial charge < -0.3 is 18.9 Å². The molecule has 1 amide bonds. The standard InChI is InChI=1S/C17H22N2O3/c1-13(19-9-5-6-10-19)11-17(20)18(2)14-7-8-15(21-3)16(12-14)22-4/h5-10,12-13H,11H2,1-4H3/t13-/m1/s1. The molecule has 0 unspecified atom stereocenters. The Bertz CT molecular complexity index is 623. The summed E-state index contributed by atoms with van der Waals surface area (Å²) in [7, 11) is 4.94. The van der Waals surface area contributed by atoms with Crippen LogP contribution in [0.15, 0.2) is 42.7 Å². The van der Waals surface area contributed by atoms with Gasteiger partial charge in [0.15, 0.2) is 11.5 Å². The van der Waals surface area contributed by atoms with Gasteiger partial charge in [-0.15, -0.1) is 0 Å². The first-order chi connectivity index (χ1) is 10.6. The van der Waals surface area contributed by atoms with Crippen LogP contribution in [0.1, 0.15) is 19.4 Å². The van der Waals surface area contributed by atoms with Crippen molar-refractivity contribution in [3.8, 4) is 11.5 Å².